The first kappa shape index (κ1) is 13.4. The zero-order valence-electron chi connectivity index (χ0n) is 10.5. The first-order chi connectivity index (χ1) is 7.95. The van der Waals surface area contributed by atoms with E-state index in [9.17, 15) is 9.18 Å². The zero-order valence-corrected chi connectivity index (χ0v) is 10.5. The lowest BCUT2D eigenvalue weighted by molar-refractivity contribution is 0.103. The first-order valence-electron chi connectivity index (χ1n) is 5.56. The monoisotopic (exact) mass is 232 g/mol. The van der Waals surface area contributed by atoms with Crippen molar-refractivity contribution in [3.8, 4) is 0 Å². The van der Waals surface area contributed by atoms with E-state index in [2.05, 4.69) is 26.5 Å². The van der Waals surface area contributed by atoms with Gasteiger partial charge in [-0.15, -0.1) is 0 Å². The van der Waals surface area contributed by atoms with Crippen LogP contribution in [0.4, 0.5) is 4.39 Å². The summed E-state index contributed by atoms with van der Waals surface area (Å²) in [5, 5.41) is 0. The summed E-state index contributed by atoms with van der Waals surface area (Å²) in [6.45, 7) is 9.81. The summed E-state index contributed by atoms with van der Waals surface area (Å²) >= 11 is 0. The minimum absolute atomic E-state index is 0.121. The van der Waals surface area contributed by atoms with Crippen molar-refractivity contribution in [3.05, 3.63) is 58.9 Å². The lowest BCUT2D eigenvalue weighted by Gasteiger charge is -1.94. The Labute approximate surface area is 102 Å². The van der Waals surface area contributed by atoms with Crippen LogP contribution in [0.2, 0.25) is 0 Å². The van der Waals surface area contributed by atoms with E-state index in [1.807, 2.05) is 6.92 Å². The number of fused-ring (bicyclic) bond motifs is 1. The summed E-state index contributed by atoms with van der Waals surface area (Å²) in [7, 11) is 0. The Kier molecular flexibility index (Phi) is 4.38. The van der Waals surface area contributed by atoms with Crippen LogP contribution in [0.5, 0.6) is 0 Å². The summed E-state index contributed by atoms with van der Waals surface area (Å²) in [5.74, 6) is -0.485. The smallest absolute Gasteiger partial charge is 0.189 e. The van der Waals surface area contributed by atoms with Gasteiger partial charge in [0.25, 0.3) is 0 Å². The molecule has 1 aromatic carbocycles. The fraction of sp³-hybridized carbons (Fsp3) is 0.267. The number of rotatable bonds is 0. The van der Waals surface area contributed by atoms with E-state index in [-0.39, 0.29) is 11.6 Å². The van der Waals surface area contributed by atoms with E-state index in [0.29, 0.717) is 17.6 Å². The average Bonchev–Trinajstić information content (AvgIpc) is 2.56. The Hall–Kier alpha value is -1.70. The maximum absolute atomic E-state index is 12.7. The number of halogens is 1. The maximum atomic E-state index is 12.7. The van der Waals surface area contributed by atoms with E-state index >= 15 is 0 Å². The summed E-state index contributed by atoms with van der Waals surface area (Å²) in [5.41, 5.74) is 3.28. The third-order valence-corrected chi connectivity index (χ3v) is 2.62. The molecular weight excluding hydrogens is 215 g/mol. The van der Waals surface area contributed by atoms with Gasteiger partial charge in [-0.3, -0.25) is 4.79 Å². The molecule has 0 aromatic heterocycles. The molecule has 1 aliphatic rings. The largest absolute Gasteiger partial charge is 0.289 e. The third-order valence-electron chi connectivity index (χ3n) is 2.62. The van der Waals surface area contributed by atoms with Crippen LogP contribution in [-0.4, -0.2) is 5.78 Å². The van der Waals surface area contributed by atoms with Crippen LogP contribution in [0.25, 0.3) is 0 Å². The Balaban J connectivity index is 0.000000249. The van der Waals surface area contributed by atoms with Crippen molar-refractivity contribution < 1.29 is 9.18 Å². The number of carbonyl (C=O) groups is 1. The number of hydrogen-bond acceptors (Lipinski definition) is 1. The van der Waals surface area contributed by atoms with Gasteiger partial charge < -0.3 is 0 Å². The standard InChI is InChI=1S/C10H7FO.C5H10/c1-6-4-7-2-3-8(11)5-9(7)10(6)12;1-4-5(2)3/h2-3,5H,1,4H2;4H,1-3H3. The molecule has 0 bridgehead atoms. The molecule has 2 heteroatoms. The van der Waals surface area contributed by atoms with Crippen LogP contribution in [0.3, 0.4) is 0 Å². The SMILES string of the molecule is C=C1Cc2ccc(F)cc2C1=O.CC=C(C)C. The van der Waals surface area contributed by atoms with Gasteiger partial charge in [-0.25, -0.2) is 4.39 Å². The molecule has 0 atom stereocenters. The molecule has 0 amide bonds. The topological polar surface area (TPSA) is 17.1 Å². The van der Waals surface area contributed by atoms with E-state index < -0.39 is 0 Å². The van der Waals surface area contributed by atoms with E-state index in [1.54, 1.807) is 6.07 Å². The van der Waals surface area contributed by atoms with Gasteiger partial charge in [0, 0.05) is 12.0 Å². The molecule has 1 aromatic rings. The average molecular weight is 232 g/mol. The number of allylic oxidation sites excluding steroid dienone is 3. The van der Waals surface area contributed by atoms with Crippen molar-refractivity contribution >= 4 is 5.78 Å². The summed E-state index contributed by atoms with van der Waals surface area (Å²) < 4.78 is 12.7. The summed E-state index contributed by atoms with van der Waals surface area (Å²) in [4.78, 5) is 11.3. The molecule has 0 radical (unpaired) electrons. The number of carbonyl (C=O) groups excluding carboxylic acids is 1. The molecule has 0 N–H and O–H groups in total. The lowest BCUT2D eigenvalue weighted by Crippen LogP contribution is -1.93. The minimum Gasteiger partial charge on any atom is -0.289 e. The van der Waals surface area contributed by atoms with Gasteiger partial charge in [0.15, 0.2) is 5.78 Å². The van der Waals surface area contributed by atoms with Gasteiger partial charge in [-0.05, 0) is 44.0 Å². The zero-order chi connectivity index (χ0) is 13.0. The summed E-state index contributed by atoms with van der Waals surface area (Å²) in [6.07, 6.45) is 2.65. The van der Waals surface area contributed by atoms with Crippen LogP contribution in [0, 0.1) is 5.82 Å². The molecule has 0 saturated carbocycles. The van der Waals surface area contributed by atoms with Crippen molar-refractivity contribution in [1.82, 2.24) is 0 Å². The van der Waals surface area contributed by atoms with Crippen molar-refractivity contribution in [2.24, 2.45) is 0 Å². The second kappa shape index (κ2) is 5.58. The van der Waals surface area contributed by atoms with Crippen LogP contribution < -0.4 is 0 Å². The Morgan fingerprint density at radius 1 is 1.41 bits per heavy atom. The number of benzene rings is 1. The number of Topliss-reactive ketones (excluding diaryl/α,β-unsaturated/α-hetero) is 1. The van der Waals surface area contributed by atoms with Gasteiger partial charge in [0.2, 0.25) is 0 Å². The van der Waals surface area contributed by atoms with Gasteiger partial charge >= 0.3 is 0 Å². The highest BCUT2D eigenvalue weighted by atomic mass is 19.1. The van der Waals surface area contributed by atoms with Crippen LogP contribution in [-0.2, 0) is 6.42 Å². The van der Waals surface area contributed by atoms with Crippen molar-refractivity contribution in [2.75, 3.05) is 0 Å². The molecule has 0 aliphatic heterocycles. The Bertz CT molecular complexity index is 480. The van der Waals surface area contributed by atoms with Crippen molar-refractivity contribution in [3.63, 3.8) is 0 Å². The molecule has 1 aliphatic carbocycles. The van der Waals surface area contributed by atoms with Gasteiger partial charge in [-0.1, -0.05) is 24.3 Å². The van der Waals surface area contributed by atoms with Gasteiger partial charge in [0.1, 0.15) is 5.82 Å². The molecule has 0 fully saturated rings. The molecule has 90 valence electrons. The predicted molar refractivity (Wildman–Crippen MR) is 68.7 cm³/mol. The maximum Gasteiger partial charge on any atom is 0.189 e. The Morgan fingerprint density at radius 2 is 2.00 bits per heavy atom. The normalized spacial score (nSPS) is 12.7. The van der Waals surface area contributed by atoms with E-state index in [0.717, 1.165) is 5.56 Å². The molecule has 0 spiro atoms. The highest BCUT2D eigenvalue weighted by Gasteiger charge is 2.22. The van der Waals surface area contributed by atoms with Crippen molar-refractivity contribution in [2.45, 2.75) is 27.2 Å². The number of hydrogen-bond donors (Lipinski definition) is 0. The predicted octanol–water partition coefficient (Wildman–Crippen LogP) is 4.09. The van der Waals surface area contributed by atoms with Crippen LogP contribution >= 0.6 is 0 Å². The molecule has 0 saturated heterocycles. The fourth-order valence-electron chi connectivity index (χ4n) is 1.41. The highest BCUT2D eigenvalue weighted by molar-refractivity contribution is 6.12. The Morgan fingerprint density at radius 3 is 2.53 bits per heavy atom. The van der Waals surface area contributed by atoms with E-state index in [4.69, 9.17) is 0 Å². The second-order valence-corrected chi connectivity index (χ2v) is 4.28. The van der Waals surface area contributed by atoms with Gasteiger partial charge in [0.05, 0.1) is 0 Å². The molecule has 2 rings (SSSR count). The van der Waals surface area contributed by atoms with Crippen LogP contribution in [0.15, 0.2) is 42.0 Å². The lowest BCUT2D eigenvalue weighted by atomic mass is 10.1. The number of ketones is 1. The van der Waals surface area contributed by atoms with E-state index in [1.165, 1.54) is 17.7 Å². The molecule has 0 unspecified atom stereocenters. The fourth-order valence-corrected chi connectivity index (χ4v) is 1.41. The highest BCUT2D eigenvalue weighted by Crippen LogP contribution is 2.25. The summed E-state index contributed by atoms with van der Waals surface area (Å²) in [6, 6.07) is 4.28. The first-order valence-corrected chi connectivity index (χ1v) is 5.56. The molecular formula is C15H17FO. The van der Waals surface area contributed by atoms with Crippen LogP contribution in [0.1, 0.15) is 36.7 Å². The quantitative estimate of drug-likeness (QED) is 0.486. The van der Waals surface area contributed by atoms with Crippen molar-refractivity contribution in [1.29, 1.82) is 0 Å². The second-order valence-electron chi connectivity index (χ2n) is 4.28. The molecule has 17 heavy (non-hydrogen) atoms. The van der Waals surface area contributed by atoms with Gasteiger partial charge in [-0.2, -0.15) is 0 Å². The molecule has 0 heterocycles. The minimum atomic E-state index is -0.364. The third kappa shape index (κ3) is 3.38. The molecule has 1 nitrogen and oxygen atoms in total.